The first-order valence-corrected chi connectivity index (χ1v) is 11.1. The molecule has 0 N–H and O–H groups in total. The van der Waals surface area contributed by atoms with E-state index in [-0.39, 0.29) is 21.9 Å². The molecule has 1 saturated heterocycles. The Kier molecular flexibility index (Phi) is 5.86. The summed E-state index contributed by atoms with van der Waals surface area (Å²) in [5, 5.41) is 0.105. The molecule has 0 spiro atoms. The van der Waals surface area contributed by atoms with Crippen LogP contribution in [0, 0.1) is 0 Å². The summed E-state index contributed by atoms with van der Waals surface area (Å²) in [7, 11) is -0.370. The van der Waals surface area contributed by atoms with Crippen LogP contribution in [-0.2, 0) is 9.84 Å². The summed E-state index contributed by atoms with van der Waals surface area (Å²) < 4.78 is 34.6. The number of carbonyl (C=O) groups excluding carboxylic acids is 1. The molecular weight excluding hydrogens is 402 g/mol. The number of likely N-dealkylation sites (tertiary alicyclic amines) is 1. The Bertz CT molecular complexity index is 1010. The Balaban J connectivity index is 1.97. The number of carbonyl (C=O) groups is 1. The average Bonchev–Trinajstić information content (AvgIpc) is 3.15. The van der Waals surface area contributed by atoms with Gasteiger partial charge in [-0.05, 0) is 43.2 Å². The zero-order valence-electron chi connectivity index (χ0n) is 15.9. The normalized spacial score (nSPS) is 16.9. The fraction of sp³-hybridized carbons (Fsp3) is 0.350. The van der Waals surface area contributed by atoms with Gasteiger partial charge in [0, 0.05) is 30.0 Å². The van der Waals surface area contributed by atoms with Crippen LogP contribution in [0.15, 0.2) is 41.3 Å². The second kappa shape index (κ2) is 8.01. The lowest BCUT2D eigenvalue weighted by Crippen LogP contribution is -2.31. The van der Waals surface area contributed by atoms with E-state index in [0.717, 1.165) is 24.7 Å². The van der Waals surface area contributed by atoms with Gasteiger partial charge in [0.05, 0.1) is 30.2 Å². The highest BCUT2D eigenvalue weighted by Crippen LogP contribution is 2.39. The first-order valence-electron chi connectivity index (χ1n) is 8.78. The molecular formula is C20H22ClNO5S. The maximum Gasteiger partial charge on any atom is 0.254 e. The summed E-state index contributed by atoms with van der Waals surface area (Å²) in [5.41, 5.74) is 1.19. The van der Waals surface area contributed by atoms with Crippen molar-refractivity contribution in [2.24, 2.45) is 0 Å². The number of hydrogen-bond acceptors (Lipinski definition) is 5. The number of amides is 1. The van der Waals surface area contributed by atoms with Crippen molar-refractivity contribution in [1.29, 1.82) is 0 Å². The van der Waals surface area contributed by atoms with Crippen LogP contribution in [0.5, 0.6) is 11.5 Å². The lowest BCUT2D eigenvalue weighted by molar-refractivity contribution is 0.0734. The summed E-state index contributed by atoms with van der Waals surface area (Å²) in [4.78, 5) is 14.9. The summed E-state index contributed by atoms with van der Waals surface area (Å²) in [6.07, 6.45) is 2.71. The number of halogens is 1. The van der Waals surface area contributed by atoms with E-state index in [1.807, 2.05) is 12.1 Å². The minimum absolute atomic E-state index is 0.0437. The molecule has 0 radical (unpaired) electrons. The minimum Gasteiger partial charge on any atom is -0.497 e. The van der Waals surface area contributed by atoms with E-state index in [4.69, 9.17) is 21.1 Å². The second-order valence-corrected chi connectivity index (χ2v) is 9.07. The first kappa shape index (κ1) is 20.5. The van der Waals surface area contributed by atoms with Gasteiger partial charge in [-0.2, -0.15) is 0 Å². The van der Waals surface area contributed by atoms with Crippen LogP contribution in [0.2, 0.25) is 5.02 Å². The predicted molar refractivity (Wildman–Crippen MR) is 107 cm³/mol. The molecule has 0 bridgehead atoms. The van der Waals surface area contributed by atoms with Crippen molar-refractivity contribution in [3.05, 3.63) is 52.5 Å². The molecule has 2 aromatic carbocycles. The van der Waals surface area contributed by atoms with Crippen molar-refractivity contribution in [2.45, 2.75) is 23.8 Å². The summed E-state index contributed by atoms with van der Waals surface area (Å²) in [5.74, 6) is 1.09. The summed E-state index contributed by atoms with van der Waals surface area (Å²) in [6.45, 7) is 0.579. The van der Waals surface area contributed by atoms with Crippen molar-refractivity contribution in [3.63, 3.8) is 0 Å². The number of hydrogen-bond donors (Lipinski definition) is 0. The van der Waals surface area contributed by atoms with Crippen LogP contribution in [0.4, 0.5) is 0 Å². The quantitative estimate of drug-likeness (QED) is 0.732. The van der Waals surface area contributed by atoms with Gasteiger partial charge in [0.2, 0.25) is 0 Å². The Morgan fingerprint density at radius 2 is 1.89 bits per heavy atom. The maximum absolute atomic E-state index is 13.2. The fourth-order valence-electron chi connectivity index (χ4n) is 3.51. The van der Waals surface area contributed by atoms with E-state index in [9.17, 15) is 13.2 Å². The number of methoxy groups -OCH3 is 2. The Labute approximate surface area is 169 Å². The molecule has 1 atom stereocenters. The third-order valence-electron chi connectivity index (χ3n) is 4.89. The molecule has 1 amide bonds. The zero-order chi connectivity index (χ0) is 20.5. The van der Waals surface area contributed by atoms with Gasteiger partial charge >= 0.3 is 0 Å². The first-order chi connectivity index (χ1) is 13.3. The van der Waals surface area contributed by atoms with E-state index in [1.54, 1.807) is 31.3 Å². The summed E-state index contributed by atoms with van der Waals surface area (Å²) >= 11 is 6.01. The van der Waals surface area contributed by atoms with Crippen molar-refractivity contribution >= 4 is 27.3 Å². The SMILES string of the molecule is COc1ccc([C@@H]2CCCN2C(=O)c2ccc(Cl)c(S(C)(=O)=O)c2)c(OC)c1. The topological polar surface area (TPSA) is 72.9 Å². The van der Waals surface area contributed by atoms with Gasteiger partial charge in [-0.15, -0.1) is 0 Å². The minimum atomic E-state index is -3.53. The maximum atomic E-state index is 13.2. The van der Waals surface area contributed by atoms with Gasteiger partial charge in [0.15, 0.2) is 9.84 Å². The third-order valence-corrected chi connectivity index (χ3v) is 6.47. The lowest BCUT2D eigenvalue weighted by Gasteiger charge is -2.27. The van der Waals surface area contributed by atoms with Crippen LogP contribution in [0.25, 0.3) is 0 Å². The predicted octanol–water partition coefficient (Wildman–Crippen LogP) is 3.74. The molecule has 1 aliphatic heterocycles. The van der Waals surface area contributed by atoms with E-state index in [2.05, 4.69) is 0 Å². The molecule has 8 heteroatoms. The number of sulfone groups is 1. The van der Waals surface area contributed by atoms with Gasteiger partial charge in [-0.25, -0.2) is 8.42 Å². The molecule has 0 unspecified atom stereocenters. The number of nitrogens with zero attached hydrogens (tertiary/aromatic N) is 1. The van der Waals surface area contributed by atoms with E-state index in [0.29, 0.717) is 23.6 Å². The zero-order valence-corrected chi connectivity index (χ0v) is 17.5. The number of ether oxygens (including phenoxy) is 2. The van der Waals surface area contributed by atoms with Crippen molar-refractivity contribution in [1.82, 2.24) is 4.90 Å². The smallest absolute Gasteiger partial charge is 0.254 e. The second-order valence-electron chi connectivity index (χ2n) is 6.68. The van der Waals surface area contributed by atoms with Crippen molar-refractivity contribution < 1.29 is 22.7 Å². The highest BCUT2D eigenvalue weighted by atomic mass is 35.5. The largest absolute Gasteiger partial charge is 0.497 e. The molecule has 2 aromatic rings. The highest BCUT2D eigenvalue weighted by Gasteiger charge is 2.33. The van der Waals surface area contributed by atoms with Crippen LogP contribution < -0.4 is 9.47 Å². The molecule has 1 fully saturated rings. The molecule has 1 heterocycles. The Morgan fingerprint density at radius 3 is 2.54 bits per heavy atom. The number of rotatable bonds is 5. The molecule has 6 nitrogen and oxygen atoms in total. The van der Waals surface area contributed by atoms with Crippen molar-refractivity contribution in [3.8, 4) is 11.5 Å². The Hall–Kier alpha value is -2.25. The molecule has 1 aliphatic rings. The van der Waals surface area contributed by atoms with E-state index < -0.39 is 9.84 Å². The molecule has 0 aromatic heterocycles. The van der Waals surface area contributed by atoms with E-state index >= 15 is 0 Å². The Morgan fingerprint density at radius 1 is 1.14 bits per heavy atom. The molecule has 28 heavy (non-hydrogen) atoms. The van der Waals surface area contributed by atoms with Crippen LogP contribution in [0.1, 0.15) is 34.8 Å². The van der Waals surface area contributed by atoms with Crippen molar-refractivity contribution in [2.75, 3.05) is 27.0 Å². The average molecular weight is 424 g/mol. The molecule has 3 rings (SSSR count). The highest BCUT2D eigenvalue weighted by molar-refractivity contribution is 7.90. The van der Waals surface area contributed by atoms with Crippen LogP contribution >= 0.6 is 11.6 Å². The molecule has 150 valence electrons. The van der Waals surface area contributed by atoms with Crippen LogP contribution in [-0.4, -0.2) is 46.2 Å². The molecule has 0 saturated carbocycles. The van der Waals surface area contributed by atoms with E-state index in [1.165, 1.54) is 12.1 Å². The van der Waals surface area contributed by atoms with Gasteiger partial charge in [-0.3, -0.25) is 4.79 Å². The van der Waals surface area contributed by atoms with Crippen LogP contribution in [0.3, 0.4) is 0 Å². The summed E-state index contributed by atoms with van der Waals surface area (Å²) in [6, 6.07) is 9.72. The van der Waals surface area contributed by atoms with Gasteiger partial charge in [-0.1, -0.05) is 11.6 Å². The fourth-order valence-corrected chi connectivity index (χ4v) is 4.81. The van der Waals surface area contributed by atoms with Gasteiger partial charge in [0.1, 0.15) is 11.5 Å². The third kappa shape index (κ3) is 3.95. The number of benzene rings is 2. The molecule has 0 aliphatic carbocycles. The van der Waals surface area contributed by atoms with Gasteiger partial charge < -0.3 is 14.4 Å². The lowest BCUT2D eigenvalue weighted by atomic mass is 10.0. The van der Waals surface area contributed by atoms with Gasteiger partial charge in [0.25, 0.3) is 5.91 Å². The standard InChI is InChI=1S/C20H22ClNO5S/c1-26-14-7-8-15(18(12-14)27-2)17-5-4-10-22(17)20(23)13-6-9-16(21)19(11-13)28(3,24)25/h6-9,11-12,17H,4-5,10H2,1-3H3/t17-/m0/s1. The monoisotopic (exact) mass is 423 g/mol.